The highest BCUT2D eigenvalue weighted by Gasteiger charge is 2.39. The quantitative estimate of drug-likeness (QED) is 0.658. The Bertz CT molecular complexity index is 540. The summed E-state index contributed by atoms with van der Waals surface area (Å²) in [6.45, 7) is 2.35. The lowest BCUT2D eigenvalue weighted by molar-refractivity contribution is -0.384. The molecule has 0 amide bonds. The van der Waals surface area contributed by atoms with Crippen LogP contribution in [0, 0.1) is 10.1 Å². The number of nitrogens with zero attached hydrogens (tertiary/aromatic N) is 1. The van der Waals surface area contributed by atoms with Crippen molar-refractivity contribution in [1.29, 1.82) is 0 Å². The number of anilines is 1. The SMILES string of the molecule is CC1OCCC1(O)CNc1cc(Cl)c(Cl)cc1[N+](=O)[O-]. The molecule has 0 aliphatic carbocycles. The molecule has 0 aromatic heterocycles. The predicted octanol–water partition coefficient (Wildman–Crippen LogP) is 2.85. The first-order valence-electron chi connectivity index (χ1n) is 6.05. The Kier molecular flexibility index (Phi) is 4.39. The molecule has 1 fully saturated rings. The van der Waals surface area contributed by atoms with Crippen molar-refractivity contribution in [2.24, 2.45) is 0 Å². The molecule has 2 atom stereocenters. The Morgan fingerprint density at radius 3 is 2.75 bits per heavy atom. The average molecular weight is 321 g/mol. The van der Waals surface area contributed by atoms with Gasteiger partial charge >= 0.3 is 0 Å². The van der Waals surface area contributed by atoms with Gasteiger partial charge < -0.3 is 15.2 Å². The van der Waals surface area contributed by atoms with Crippen molar-refractivity contribution in [2.75, 3.05) is 18.5 Å². The van der Waals surface area contributed by atoms with E-state index in [9.17, 15) is 15.2 Å². The van der Waals surface area contributed by atoms with Crippen molar-refractivity contribution in [3.63, 3.8) is 0 Å². The Hall–Kier alpha value is -1.08. The van der Waals surface area contributed by atoms with Gasteiger partial charge in [0.25, 0.3) is 5.69 Å². The molecule has 1 aliphatic heterocycles. The molecule has 2 N–H and O–H groups in total. The number of rotatable bonds is 4. The van der Waals surface area contributed by atoms with Crippen LogP contribution in [-0.2, 0) is 4.74 Å². The van der Waals surface area contributed by atoms with E-state index in [-0.39, 0.29) is 34.1 Å². The maximum atomic E-state index is 11.0. The molecule has 1 saturated heterocycles. The van der Waals surface area contributed by atoms with Gasteiger partial charge in [-0.05, 0) is 13.0 Å². The van der Waals surface area contributed by atoms with Crippen molar-refractivity contribution in [3.05, 3.63) is 32.3 Å². The first kappa shape index (κ1) is 15.3. The van der Waals surface area contributed by atoms with Crippen molar-refractivity contribution in [3.8, 4) is 0 Å². The summed E-state index contributed by atoms with van der Waals surface area (Å²) in [6, 6.07) is 2.57. The van der Waals surface area contributed by atoms with E-state index in [0.717, 1.165) is 0 Å². The molecule has 8 heteroatoms. The summed E-state index contributed by atoms with van der Waals surface area (Å²) in [4.78, 5) is 10.4. The normalized spacial score (nSPS) is 25.7. The fraction of sp³-hybridized carbons (Fsp3) is 0.500. The Morgan fingerprint density at radius 2 is 2.20 bits per heavy atom. The number of hydrogen-bond acceptors (Lipinski definition) is 5. The Morgan fingerprint density at radius 1 is 1.55 bits per heavy atom. The highest BCUT2D eigenvalue weighted by atomic mass is 35.5. The second-order valence-electron chi connectivity index (χ2n) is 4.76. The number of benzene rings is 1. The average Bonchev–Trinajstić information content (AvgIpc) is 2.71. The first-order valence-corrected chi connectivity index (χ1v) is 6.80. The highest BCUT2D eigenvalue weighted by molar-refractivity contribution is 6.42. The maximum Gasteiger partial charge on any atom is 0.293 e. The van der Waals surface area contributed by atoms with Crippen molar-refractivity contribution >= 4 is 34.6 Å². The molecule has 0 bridgehead atoms. The summed E-state index contributed by atoms with van der Waals surface area (Å²) in [5.41, 5.74) is -1.02. The minimum atomic E-state index is -1.06. The summed E-state index contributed by atoms with van der Waals surface area (Å²) in [7, 11) is 0. The largest absolute Gasteiger partial charge is 0.385 e. The third-order valence-corrected chi connectivity index (χ3v) is 4.20. The number of nitro groups is 1. The molecule has 110 valence electrons. The van der Waals surface area contributed by atoms with Crippen LogP contribution in [0.25, 0.3) is 0 Å². The molecular formula is C12H14Cl2N2O4. The topological polar surface area (TPSA) is 84.6 Å². The minimum Gasteiger partial charge on any atom is -0.385 e. The zero-order valence-electron chi connectivity index (χ0n) is 10.7. The van der Waals surface area contributed by atoms with E-state index in [1.807, 2.05) is 0 Å². The van der Waals surface area contributed by atoms with E-state index >= 15 is 0 Å². The van der Waals surface area contributed by atoms with Crippen LogP contribution in [0.15, 0.2) is 12.1 Å². The zero-order valence-corrected chi connectivity index (χ0v) is 12.2. The van der Waals surface area contributed by atoms with Crippen LogP contribution in [0.1, 0.15) is 13.3 Å². The summed E-state index contributed by atoms with van der Waals surface area (Å²) >= 11 is 11.6. The molecule has 0 radical (unpaired) electrons. The van der Waals surface area contributed by atoms with E-state index in [0.29, 0.717) is 13.0 Å². The van der Waals surface area contributed by atoms with Gasteiger partial charge in [0.1, 0.15) is 11.3 Å². The van der Waals surface area contributed by atoms with Crippen molar-refractivity contribution in [1.82, 2.24) is 0 Å². The molecule has 2 rings (SSSR count). The first-order chi connectivity index (χ1) is 9.33. The van der Waals surface area contributed by atoms with E-state index in [4.69, 9.17) is 27.9 Å². The number of nitro benzene ring substituents is 1. The zero-order chi connectivity index (χ0) is 14.9. The molecule has 1 aliphatic rings. The second kappa shape index (κ2) is 5.73. The van der Waals surface area contributed by atoms with Gasteiger partial charge in [-0.1, -0.05) is 23.2 Å². The van der Waals surface area contributed by atoms with Gasteiger partial charge in [0.05, 0.1) is 21.1 Å². The number of halogens is 2. The lowest BCUT2D eigenvalue weighted by atomic mass is 9.96. The summed E-state index contributed by atoms with van der Waals surface area (Å²) in [5, 5.41) is 24.5. The fourth-order valence-electron chi connectivity index (χ4n) is 2.08. The molecule has 1 aromatic carbocycles. The lowest BCUT2D eigenvalue weighted by Gasteiger charge is -2.26. The molecular weight excluding hydrogens is 307 g/mol. The van der Waals surface area contributed by atoms with E-state index in [2.05, 4.69) is 5.32 Å². The van der Waals surface area contributed by atoms with Crippen LogP contribution >= 0.6 is 23.2 Å². The molecule has 0 saturated carbocycles. The van der Waals surface area contributed by atoms with Crippen LogP contribution in [0.3, 0.4) is 0 Å². The summed E-state index contributed by atoms with van der Waals surface area (Å²) in [5.74, 6) is 0. The van der Waals surface area contributed by atoms with Crippen LogP contribution < -0.4 is 5.32 Å². The highest BCUT2D eigenvalue weighted by Crippen LogP contribution is 2.35. The molecule has 20 heavy (non-hydrogen) atoms. The van der Waals surface area contributed by atoms with Crippen molar-refractivity contribution in [2.45, 2.75) is 25.0 Å². The van der Waals surface area contributed by atoms with Gasteiger partial charge in [-0.15, -0.1) is 0 Å². The van der Waals surface area contributed by atoms with Crippen LogP contribution in [0.4, 0.5) is 11.4 Å². The van der Waals surface area contributed by atoms with Crippen LogP contribution in [-0.4, -0.2) is 34.9 Å². The smallest absolute Gasteiger partial charge is 0.293 e. The second-order valence-corrected chi connectivity index (χ2v) is 5.58. The molecule has 1 aromatic rings. The monoisotopic (exact) mass is 320 g/mol. The predicted molar refractivity (Wildman–Crippen MR) is 76.6 cm³/mol. The van der Waals surface area contributed by atoms with Crippen LogP contribution in [0.5, 0.6) is 0 Å². The molecule has 1 heterocycles. The van der Waals surface area contributed by atoms with Gasteiger partial charge in [0.2, 0.25) is 0 Å². The Labute approximate surface area is 125 Å². The molecule has 2 unspecified atom stereocenters. The Balaban J connectivity index is 2.21. The summed E-state index contributed by atoms with van der Waals surface area (Å²) < 4.78 is 5.31. The third kappa shape index (κ3) is 2.98. The van der Waals surface area contributed by atoms with E-state index in [1.54, 1.807) is 6.92 Å². The standard InChI is InChI=1S/C12H14Cl2N2O4/c1-7-12(17,2-3-20-7)6-15-10-4-8(13)9(14)5-11(10)16(18)19/h4-5,7,15,17H,2-3,6H2,1H3. The maximum absolute atomic E-state index is 11.0. The third-order valence-electron chi connectivity index (χ3n) is 3.48. The number of ether oxygens (including phenoxy) is 1. The molecule has 6 nitrogen and oxygen atoms in total. The van der Waals surface area contributed by atoms with Crippen LogP contribution in [0.2, 0.25) is 10.0 Å². The number of hydrogen-bond donors (Lipinski definition) is 2. The molecule has 0 spiro atoms. The van der Waals surface area contributed by atoms with Crippen molar-refractivity contribution < 1.29 is 14.8 Å². The van der Waals surface area contributed by atoms with E-state index in [1.165, 1.54) is 12.1 Å². The van der Waals surface area contributed by atoms with Gasteiger partial charge in [0, 0.05) is 25.6 Å². The summed E-state index contributed by atoms with van der Waals surface area (Å²) in [6.07, 6.45) is 0.132. The van der Waals surface area contributed by atoms with Gasteiger partial charge in [-0.3, -0.25) is 10.1 Å². The van der Waals surface area contributed by atoms with E-state index < -0.39 is 10.5 Å². The lowest BCUT2D eigenvalue weighted by Crippen LogP contribution is -2.43. The number of aliphatic hydroxyl groups is 1. The van der Waals surface area contributed by atoms with Gasteiger partial charge in [0.15, 0.2) is 0 Å². The fourth-order valence-corrected chi connectivity index (χ4v) is 2.40. The van der Waals surface area contributed by atoms with Gasteiger partial charge in [-0.2, -0.15) is 0 Å². The minimum absolute atomic E-state index is 0.111. The van der Waals surface area contributed by atoms with Gasteiger partial charge in [-0.25, -0.2) is 0 Å². The number of nitrogens with one attached hydrogen (secondary N) is 1.